The Balaban J connectivity index is 2.15. The van der Waals surface area contributed by atoms with Crippen molar-refractivity contribution in [2.75, 3.05) is 44.8 Å². The number of nitrogens with zero attached hydrogens (tertiary/aromatic N) is 1. The van der Waals surface area contributed by atoms with Crippen LogP contribution in [-0.4, -0.2) is 45.0 Å². The van der Waals surface area contributed by atoms with Crippen LogP contribution in [-0.2, 0) is 4.74 Å². The highest BCUT2D eigenvalue weighted by molar-refractivity contribution is 5.49. The lowest BCUT2D eigenvalue weighted by molar-refractivity contribution is 0.0484. The highest BCUT2D eigenvalue weighted by atomic mass is 16.5. The summed E-state index contributed by atoms with van der Waals surface area (Å²) in [6.07, 6.45) is -0.224. The maximum Gasteiger partial charge on any atom is 0.105 e. The fourth-order valence-corrected chi connectivity index (χ4v) is 2.16. The Labute approximate surface area is 102 Å². The maximum absolute atomic E-state index is 9.23. The monoisotopic (exact) mass is 236 g/mol. The number of anilines is 1. The third-order valence-corrected chi connectivity index (χ3v) is 3.17. The Morgan fingerprint density at radius 1 is 1.41 bits per heavy atom. The van der Waals surface area contributed by atoms with Crippen LogP contribution < -0.4 is 10.2 Å². The van der Waals surface area contributed by atoms with E-state index >= 15 is 0 Å². The number of benzene rings is 1. The van der Waals surface area contributed by atoms with Gasteiger partial charge in [-0.1, -0.05) is 12.1 Å². The second kappa shape index (κ2) is 6.00. The SMILES string of the molecule is CO[C@@H](CO)c1cccc(N2CCNCC2)c1. The molecule has 0 amide bonds. The molecule has 1 atom stereocenters. The number of hydrogen-bond acceptors (Lipinski definition) is 4. The van der Waals surface area contributed by atoms with Gasteiger partial charge in [-0.15, -0.1) is 0 Å². The lowest BCUT2D eigenvalue weighted by atomic mass is 10.1. The molecule has 1 aromatic rings. The topological polar surface area (TPSA) is 44.7 Å². The van der Waals surface area contributed by atoms with Crippen LogP contribution in [0.1, 0.15) is 11.7 Å². The summed E-state index contributed by atoms with van der Waals surface area (Å²) in [5, 5.41) is 12.6. The number of nitrogens with one attached hydrogen (secondary N) is 1. The first-order chi connectivity index (χ1) is 8.35. The molecule has 0 saturated carbocycles. The van der Waals surface area contributed by atoms with Gasteiger partial charge in [-0.2, -0.15) is 0 Å². The van der Waals surface area contributed by atoms with Gasteiger partial charge in [-0.05, 0) is 17.7 Å². The fraction of sp³-hybridized carbons (Fsp3) is 0.538. The van der Waals surface area contributed by atoms with Gasteiger partial charge in [-0.25, -0.2) is 0 Å². The largest absolute Gasteiger partial charge is 0.393 e. The van der Waals surface area contributed by atoms with E-state index in [-0.39, 0.29) is 12.7 Å². The van der Waals surface area contributed by atoms with E-state index in [9.17, 15) is 5.11 Å². The Hall–Kier alpha value is -1.10. The number of aliphatic hydroxyl groups excluding tert-OH is 1. The van der Waals surface area contributed by atoms with Crippen LogP contribution in [0.4, 0.5) is 5.69 Å². The molecule has 0 aromatic heterocycles. The van der Waals surface area contributed by atoms with Crippen molar-refractivity contribution in [1.82, 2.24) is 5.32 Å². The predicted molar refractivity (Wildman–Crippen MR) is 68.4 cm³/mol. The number of piperazine rings is 1. The smallest absolute Gasteiger partial charge is 0.105 e. The summed E-state index contributed by atoms with van der Waals surface area (Å²) in [6, 6.07) is 8.24. The summed E-state index contributed by atoms with van der Waals surface area (Å²) in [5.41, 5.74) is 2.24. The number of hydrogen-bond donors (Lipinski definition) is 2. The summed E-state index contributed by atoms with van der Waals surface area (Å²) in [4.78, 5) is 2.35. The van der Waals surface area contributed by atoms with Crippen LogP contribution in [0.2, 0.25) is 0 Å². The highest BCUT2D eigenvalue weighted by Gasteiger charge is 2.13. The number of rotatable bonds is 4. The molecule has 1 fully saturated rings. The first-order valence-corrected chi connectivity index (χ1v) is 6.04. The van der Waals surface area contributed by atoms with Crippen LogP contribution in [0.15, 0.2) is 24.3 Å². The predicted octanol–water partition coefficient (Wildman–Crippen LogP) is 0.776. The van der Waals surface area contributed by atoms with E-state index in [4.69, 9.17) is 4.74 Å². The van der Waals surface area contributed by atoms with Crippen molar-refractivity contribution in [2.24, 2.45) is 0 Å². The molecule has 0 aliphatic carbocycles. The molecule has 0 bridgehead atoms. The fourth-order valence-electron chi connectivity index (χ4n) is 2.16. The van der Waals surface area contributed by atoms with Gasteiger partial charge in [0, 0.05) is 39.0 Å². The second-order valence-electron chi connectivity index (χ2n) is 4.24. The van der Waals surface area contributed by atoms with Crippen molar-refractivity contribution >= 4 is 5.69 Å². The molecule has 1 saturated heterocycles. The minimum Gasteiger partial charge on any atom is -0.393 e. The summed E-state index contributed by atoms with van der Waals surface area (Å²) < 4.78 is 5.25. The Morgan fingerprint density at radius 3 is 2.82 bits per heavy atom. The summed E-state index contributed by atoms with van der Waals surface area (Å²) >= 11 is 0. The molecule has 2 rings (SSSR count). The van der Waals surface area contributed by atoms with E-state index in [0.29, 0.717) is 0 Å². The van der Waals surface area contributed by atoms with Gasteiger partial charge < -0.3 is 20.1 Å². The average molecular weight is 236 g/mol. The van der Waals surface area contributed by atoms with E-state index in [1.807, 2.05) is 12.1 Å². The van der Waals surface area contributed by atoms with E-state index < -0.39 is 0 Å². The first-order valence-electron chi connectivity index (χ1n) is 6.04. The quantitative estimate of drug-likeness (QED) is 0.811. The number of methoxy groups -OCH3 is 1. The molecule has 0 radical (unpaired) electrons. The molecule has 1 heterocycles. The summed E-state index contributed by atoms with van der Waals surface area (Å²) in [7, 11) is 1.62. The van der Waals surface area contributed by atoms with E-state index in [1.165, 1.54) is 5.69 Å². The minimum absolute atomic E-state index is 0.0154. The maximum atomic E-state index is 9.23. The van der Waals surface area contributed by atoms with Crippen molar-refractivity contribution in [3.63, 3.8) is 0 Å². The standard InChI is InChI=1S/C13H20N2O2/c1-17-13(10-16)11-3-2-4-12(9-11)15-7-5-14-6-8-15/h2-4,9,13-14,16H,5-8,10H2,1H3/t13-/m0/s1. The Kier molecular flexibility index (Phi) is 4.36. The molecule has 0 spiro atoms. The molecule has 4 nitrogen and oxygen atoms in total. The van der Waals surface area contributed by atoms with Gasteiger partial charge in [0.05, 0.1) is 6.61 Å². The molecular weight excluding hydrogens is 216 g/mol. The van der Waals surface area contributed by atoms with Crippen LogP contribution in [0.3, 0.4) is 0 Å². The highest BCUT2D eigenvalue weighted by Crippen LogP contribution is 2.22. The van der Waals surface area contributed by atoms with Crippen LogP contribution >= 0.6 is 0 Å². The second-order valence-corrected chi connectivity index (χ2v) is 4.24. The van der Waals surface area contributed by atoms with Crippen LogP contribution in [0, 0.1) is 0 Å². The van der Waals surface area contributed by atoms with Crippen molar-refractivity contribution in [3.05, 3.63) is 29.8 Å². The summed E-state index contributed by atoms with van der Waals surface area (Å²) in [6.45, 7) is 4.12. The lowest BCUT2D eigenvalue weighted by Gasteiger charge is -2.30. The van der Waals surface area contributed by atoms with Gasteiger partial charge >= 0.3 is 0 Å². The van der Waals surface area contributed by atoms with E-state index in [2.05, 4.69) is 22.3 Å². The molecule has 1 aliphatic rings. The molecular formula is C13H20N2O2. The van der Waals surface area contributed by atoms with Crippen molar-refractivity contribution in [2.45, 2.75) is 6.10 Å². The minimum atomic E-state index is -0.224. The van der Waals surface area contributed by atoms with Gasteiger partial charge in [0.25, 0.3) is 0 Å². The number of ether oxygens (including phenoxy) is 1. The third kappa shape index (κ3) is 2.97. The van der Waals surface area contributed by atoms with Crippen LogP contribution in [0.5, 0.6) is 0 Å². The normalized spacial score (nSPS) is 18.1. The zero-order chi connectivity index (χ0) is 12.1. The van der Waals surface area contributed by atoms with Gasteiger partial charge in [0.15, 0.2) is 0 Å². The average Bonchev–Trinajstić information content (AvgIpc) is 2.42. The zero-order valence-electron chi connectivity index (χ0n) is 10.2. The van der Waals surface area contributed by atoms with Crippen LogP contribution in [0.25, 0.3) is 0 Å². The van der Waals surface area contributed by atoms with Crippen molar-refractivity contribution in [1.29, 1.82) is 0 Å². The van der Waals surface area contributed by atoms with Gasteiger partial charge in [-0.3, -0.25) is 0 Å². The van der Waals surface area contributed by atoms with Crippen molar-refractivity contribution in [3.8, 4) is 0 Å². The van der Waals surface area contributed by atoms with Crippen molar-refractivity contribution < 1.29 is 9.84 Å². The van der Waals surface area contributed by atoms with Gasteiger partial charge in [0.2, 0.25) is 0 Å². The third-order valence-electron chi connectivity index (χ3n) is 3.17. The molecule has 17 heavy (non-hydrogen) atoms. The molecule has 4 heteroatoms. The molecule has 94 valence electrons. The molecule has 1 aliphatic heterocycles. The van der Waals surface area contributed by atoms with Gasteiger partial charge in [0.1, 0.15) is 6.10 Å². The Morgan fingerprint density at radius 2 is 2.18 bits per heavy atom. The summed E-state index contributed by atoms with van der Waals surface area (Å²) in [5.74, 6) is 0. The zero-order valence-corrected chi connectivity index (χ0v) is 10.2. The van der Waals surface area contributed by atoms with E-state index in [0.717, 1.165) is 31.7 Å². The molecule has 0 unspecified atom stereocenters. The van der Waals surface area contributed by atoms with E-state index in [1.54, 1.807) is 7.11 Å². The molecule has 2 N–H and O–H groups in total. The lowest BCUT2D eigenvalue weighted by Crippen LogP contribution is -2.43. The number of aliphatic hydroxyl groups is 1. The first kappa shape index (κ1) is 12.4. The Bertz CT molecular complexity index is 347. The molecule has 1 aromatic carbocycles.